The Kier molecular flexibility index (Phi) is 15.1. The van der Waals surface area contributed by atoms with Crippen molar-refractivity contribution in [2.24, 2.45) is 5.92 Å². The summed E-state index contributed by atoms with van der Waals surface area (Å²) in [7, 11) is 1.44. The lowest BCUT2D eigenvalue weighted by Crippen LogP contribution is -2.34. The number of thioether (sulfide) groups is 1. The summed E-state index contributed by atoms with van der Waals surface area (Å²) in [6, 6.07) is 11.6. The summed E-state index contributed by atoms with van der Waals surface area (Å²) in [5.74, 6) is 1.62. The second-order valence-corrected chi connectivity index (χ2v) is 15.0. The van der Waals surface area contributed by atoms with Crippen LogP contribution in [-0.2, 0) is 14.4 Å². The highest BCUT2D eigenvalue weighted by Gasteiger charge is 2.42. The Morgan fingerprint density at radius 3 is 2.70 bits per heavy atom. The van der Waals surface area contributed by atoms with Gasteiger partial charge < -0.3 is 35.7 Å². The number of anilines is 1. The Labute approximate surface area is 323 Å². The van der Waals surface area contributed by atoms with Crippen LogP contribution in [0.15, 0.2) is 53.1 Å². The highest BCUT2D eigenvalue weighted by Crippen LogP contribution is 2.39. The molecule has 0 aliphatic carbocycles. The minimum atomic E-state index is -0.903. The number of hydrogen-bond donors (Lipinski definition) is 6. The first kappa shape index (κ1) is 40.6. The van der Waals surface area contributed by atoms with Crippen LogP contribution in [-0.4, -0.2) is 78.4 Å². The number of benzene rings is 2. The molecule has 4 atom stereocenters. The number of carbonyl (C=O) groups is 4. The van der Waals surface area contributed by atoms with E-state index in [2.05, 4.69) is 31.6 Å². The summed E-state index contributed by atoms with van der Waals surface area (Å²) >= 11 is 8.27. The van der Waals surface area contributed by atoms with E-state index in [0.717, 1.165) is 25.0 Å². The van der Waals surface area contributed by atoms with Crippen molar-refractivity contribution in [1.82, 2.24) is 26.3 Å². The van der Waals surface area contributed by atoms with E-state index in [1.54, 1.807) is 42.5 Å². The van der Waals surface area contributed by atoms with Crippen molar-refractivity contribution in [3.8, 4) is 17.1 Å². The van der Waals surface area contributed by atoms with E-state index < -0.39 is 18.6 Å². The third kappa shape index (κ3) is 11.4. The van der Waals surface area contributed by atoms with Crippen LogP contribution in [0.25, 0.3) is 11.3 Å². The number of carbonyl (C=O) groups excluding carboxylic acids is 4. The van der Waals surface area contributed by atoms with Gasteiger partial charge in [-0.2, -0.15) is 11.8 Å². The van der Waals surface area contributed by atoms with E-state index >= 15 is 0 Å². The lowest BCUT2D eigenvalue weighted by Gasteiger charge is -2.18. The third-order valence-electron chi connectivity index (χ3n) is 9.38. The number of fused-ring (bicyclic) bond motifs is 1. The lowest BCUT2D eigenvalue weighted by atomic mass is 9.97. The zero-order valence-electron chi connectivity index (χ0n) is 30.2. The number of methoxy groups -OCH3 is 1. The average molecular weight is 784 g/mol. The smallest absolute Gasteiger partial charge is 0.257 e. The fraction of sp³-hybridized carbons (Fsp3) is 0.474. The van der Waals surface area contributed by atoms with E-state index in [0.29, 0.717) is 79.1 Å². The Balaban J connectivity index is 1.08. The highest BCUT2D eigenvalue weighted by molar-refractivity contribution is 8.00. The maximum absolute atomic E-state index is 13.4. The van der Waals surface area contributed by atoms with E-state index in [1.165, 1.54) is 13.3 Å². The predicted molar refractivity (Wildman–Crippen MR) is 207 cm³/mol. The monoisotopic (exact) mass is 783 g/mol. The number of alkyl halides is 1. The highest BCUT2D eigenvalue weighted by atomic mass is 35.5. The molecule has 3 heterocycles. The number of ether oxygens (including phenoxy) is 1. The summed E-state index contributed by atoms with van der Waals surface area (Å²) in [5.41, 5.74) is 1.36. The molecule has 0 radical (unpaired) electrons. The molecule has 2 aromatic carbocycles. The molecule has 2 saturated heterocycles. The largest absolute Gasteiger partial charge is 0.496 e. The van der Waals surface area contributed by atoms with Crippen molar-refractivity contribution in [2.75, 3.05) is 37.9 Å². The molecule has 2 aliphatic heterocycles. The van der Waals surface area contributed by atoms with Gasteiger partial charge in [0.25, 0.3) is 5.91 Å². The minimum absolute atomic E-state index is 0.0278. The third-order valence-corrected chi connectivity index (χ3v) is 11.3. The summed E-state index contributed by atoms with van der Waals surface area (Å²) in [4.78, 5) is 54.5. The molecular weight excluding hydrogens is 737 g/mol. The number of nitrogens with one attached hydrogen (secondary N) is 6. The molecule has 2 aliphatic rings. The minimum Gasteiger partial charge on any atom is -0.496 e. The molecule has 13 nitrogen and oxygen atoms in total. The van der Waals surface area contributed by atoms with Crippen LogP contribution in [0.3, 0.4) is 0 Å². The van der Waals surface area contributed by atoms with Gasteiger partial charge in [-0.05, 0) is 68.0 Å². The van der Waals surface area contributed by atoms with Gasteiger partial charge in [0, 0.05) is 54.9 Å². The zero-order chi connectivity index (χ0) is 38.5. The molecule has 0 unspecified atom stereocenters. The fourth-order valence-corrected chi connectivity index (χ4v) is 8.53. The molecule has 54 heavy (non-hydrogen) atoms. The molecule has 0 spiro atoms. The van der Waals surface area contributed by atoms with E-state index in [1.807, 2.05) is 11.8 Å². The molecule has 4 amide bonds. The van der Waals surface area contributed by atoms with Crippen molar-refractivity contribution in [2.45, 2.75) is 75.1 Å². The Hall–Kier alpha value is -4.63. The molecule has 0 saturated carbocycles. The molecule has 1 aromatic heterocycles. The number of hydrogen-bond acceptors (Lipinski definition) is 9. The number of unbranched alkanes of at least 4 members (excludes halogenated alkanes) is 1. The van der Waals surface area contributed by atoms with Crippen LogP contribution < -0.4 is 31.3 Å². The Morgan fingerprint density at radius 1 is 1.09 bits per heavy atom. The van der Waals surface area contributed by atoms with Gasteiger partial charge in [0.1, 0.15) is 24.3 Å². The van der Waals surface area contributed by atoms with Crippen LogP contribution in [0.2, 0.25) is 5.02 Å². The maximum Gasteiger partial charge on any atom is 0.257 e. The first-order chi connectivity index (χ1) is 26.1. The standard InChI is InChI=1S/C38H47ClFN7O6S/c1-52-28-12-5-10-26(39)35(28)37(51)46-27(11-6-16-42-31(41)20-40)38-44-21-29(53-38)23-8-4-9-25(18-23)45-33(49)15-7-17-43-32(48)14-3-2-13-30-36-24(22-54-30)19-34(50)47-36/h4-5,8-10,12,18,21,24,27,30,36H,2-3,6-7,11,13-17,19-20,22H2,1H3,(H2,41,42)(H,43,48)(H,45,49)(H,46,51)(H,47,50)/t24-,27-,30-,36-/m0/s1. The Bertz CT molecular complexity index is 1790. The molecule has 6 N–H and O–H groups in total. The Morgan fingerprint density at radius 2 is 1.89 bits per heavy atom. The van der Waals surface area contributed by atoms with Crippen LogP contribution in [0.1, 0.15) is 80.1 Å². The number of amides is 4. The fourth-order valence-electron chi connectivity index (χ4n) is 6.63. The van der Waals surface area contributed by atoms with Gasteiger partial charge in [0.05, 0.1) is 23.9 Å². The van der Waals surface area contributed by atoms with Crippen molar-refractivity contribution in [1.29, 1.82) is 5.41 Å². The number of halogens is 2. The molecular formula is C38H47ClFN7O6S. The zero-order valence-corrected chi connectivity index (χ0v) is 31.8. The van der Waals surface area contributed by atoms with Crippen LogP contribution in [0, 0.1) is 11.3 Å². The van der Waals surface area contributed by atoms with E-state index in [-0.39, 0.29) is 52.5 Å². The van der Waals surface area contributed by atoms with Crippen molar-refractivity contribution in [3.63, 3.8) is 0 Å². The summed E-state index contributed by atoms with van der Waals surface area (Å²) in [6.45, 7) is -0.202. The number of aromatic nitrogens is 1. The van der Waals surface area contributed by atoms with Gasteiger partial charge in [-0.3, -0.25) is 24.6 Å². The quantitative estimate of drug-likeness (QED) is 0.0467. The van der Waals surface area contributed by atoms with Crippen molar-refractivity contribution in [3.05, 3.63) is 65.1 Å². The van der Waals surface area contributed by atoms with E-state index in [4.69, 9.17) is 26.2 Å². The van der Waals surface area contributed by atoms with Crippen molar-refractivity contribution < 1.29 is 32.7 Å². The number of nitrogens with zero attached hydrogens (tertiary/aromatic N) is 1. The first-order valence-corrected chi connectivity index (χ1v) is 19.6. The van der Waals surface area contributed by atoms with Gasteiger partial charge in [-0.1, -0.05) is 36.2 Å². The van der Waals surface area contributed by atoms with Gasteiger partial charge >= 0.3 is 0 Å². The van der Waals surface area contributed by atoms with Gasteiger partial charge in [0.15, 0.2) is 5.76 Å². The summed E-state index contributed by atoms with van der Waals surface area (Å²) in [5, 5.41) is 22.6. The van der Waals surface area contributed by atoms with E-state index in [9.17, 15) is 23.6 Å². The number of rotatable bonds is 20. The first-order valence-electron chi connectivity index (χ1n) is 18.2. The molecule has 290 valence electrons. The molecule has 2 fully saturated rings. The lowest BCUT2D eigenvalue weighted by molar-refractivity contribution is -0.121. The second kappa shape index (κ2) is 20.2. The SMILES string of the molecule is COc1cccc(Cl)c1C(=O)N[C@@H](CCCNC(=N)CF)c1ncc(-c2cccc(NC(=O)CCCNC(=O)CCCC[C@@H]3SC[C@@H]4CC(=O)N[C@@H]43)c2)o1. The molecule has 3 aromatic rings. The normalized spacial score (nSPS) is 18.0. The summed E-state index contributed by atoms with van der Waals surface area (Å²) in [6.07, 6.45) is 6.84. The average Bonchev–Trinajstić information content (AvgIpc) is 3.90. The summed E-state index contributed by atoms with van der Waals surface area (Å²) < 4.78 is 24.2. The maximum atomic E-state index is 13.4. The molecule has 16 heteroatoms. The van der Waals surface area contributed by atoms with Crippen LogP contribution >= 0.6 is 23.4 Å². The number of oxazole rings is 1. The topological polar surface area (TPSA) is 188 Å². The van der Waals surface area contributed by atoms with Gasteiger partial charge in [-0.15, -0.1) is 0 Å². The molecule has 0 bridgehead atoms. The number of amidine groups is 1. The van der Waals surface area contributed by atoms with Crippen LogP contribution in [0.4, 0.5) is 10.1 Å². The second-order valence-electron chi connectivity index (χ2n) is 13.3. The predicted octanol–water partition coefficient (Wildman–Crippen LogP) is 5.81. The van der Waals surface area contributed by atoms with Crippen LogP contribution in [0.5, 0.6) is 5.75 Å². The van der Waals surface area contributed by atoms with Crippen molar-refractivity contribution >= 4 is 58.5 Å². The van der Waals surface area contributed by atoms with Gasteiger partial charge in [0.2, 0.25) is 23.6 Å². The molecule has 5 rings (SSSR count). The van der Waals surface area contributed by atoms with Gasteiger partial charge in [-0.25, -0.2) is 9.37 Å².